The molecule has 0 bridgehead atoms. The lowest BCUT2D eigenvalue weighted by Crippen LogP contribution is -2.10. The fourth-order valence-corrected chi connectivity index (χ4v) is 2.85. The largest absolute Gasteiger partial charge is 0.322 e. The van der Waals surface area contributed by atoms with Crippen LogP contribution < -0.4 is 5.32 Å². The monoisotopic (exact) mass is 327 g/mol. The Bertz CT molecular complexity index is 522. The highest BCUT2D eigenvalue weighted by Crippen LogP contribution is 2.22. The zero-order chi connectivity index (χ0) is 12.3. The minimum absolute atomic E-state index is 0.0798. The lowest BCUT2D eigenvalue weighted by atomic mass is 10.3. The molecule has 0 aliphatic heterocycles. The molecule has 1 amide bonds. The van der Waals surface area contributed by atoms with E-state index < -0.39 is 0 Å². The second-order valence-corrected chi connectivity index (χ2v) is 6.49. The van der Waals surface area contributed by atoms with Crippen LogP contribution in [0, 0.1) is 0 Å². The van der Waals surface area contributed by atoms with Gasteiger partial charge in [0.2, 0.25) is 0 Å². The van der Waals surface area contributed by atoms with E-state index in [1.807, 2.05) is 42.0 Å². The zero-order valence-corrected chi connectivity index (χ0v) is 12.3. The topological polar surface area (TPSA) is 29.1 Å². The number of amides is 1. The van der Waals surface area contributed by atoms with Crippen molar-refractivity contribution >= 4 is 50.6 Å². The van der Waals surface area contributed by atoms with Crippen LogP contribution in [-0.2, 0) is 0 Å². The number of carbonyl (C=O) groups excluding carboxylic acids is 1. The second kappa shape index (κ2) is 5.71. The van der Waals surface area contributed by atoms with Gasteiger partial charge < -0.3 is 5.32 Å². The van der Waals surface area contributed by atoms with Crippen molar-refractivity contribution < 1.29 is 4.79 Å². The highest BCUT2D eigenvalue weighted by atomic mass is 79.9. The van der Waals surface area contributed by atoms with Gasteiger partial charge in [0.15, 0.2) is 0 Å². The molecule has 2 nitrogen and oxygen atoms in total. The first kappa shape index (κ1) is 12.7. The standard InChI is InChI=1S/C12H10BrNOS2/c1-16-10-4-2-9(3-5-10)14-12(15)8-6-11(13)17-7-8/h2-7H,1H3,(H,14,15). The van der Waals surface area contributed by atoms with E-state index in [-0.39, 0.29) is 5.91 Å². The lowest BCUT2D eigenvalue weighted by Gasteiger charge is -2.04. The third kappa shape index (κ3) is 3.34. The summed E-state index contributed by atoms with van der Waals surface area (Å²) in [5.41, 5.74) is 1.49. The third-order valence-corrected chi connectivity index (χ3v) is 4.43. The molecule has 0 saturated carbocycles. The van der Waals surface area contributed by atoms with Crippen molar-refractivity contribution in [2.75, 3.05) is 11.6 Å². The lowest BCUT2D eigenvalue weighted by molar-refractivity contribution is 0.102. The third-order valence-electron chi connectivity index (χ3n) is 2.18. The van der Waals surface area contributed by atoms with Crippen LogP contribution in [0.15, 0.2) is 44.4 Å². The van der Waals surface area contributed by atoms with Gasteiger partial charge in [-0.2, -0.15) is 0 Å². The van der Waals surface area contributed by atoms with Crippen molar-refractivity contribution in [3.8, 4) is 0 Å². The van der Waals surface area contributed by atoms with E-state index in [2.05, 4.69) is 21.2 Å². The molecule has 0 atom stereocenters. The van der Waals surface area contributed by atoms with Crippen molar-refractivity contribution in [2.24, 2.45) is 0 Å². The first-order valence-corrected chi connectivity index (χ1v) is 7.78. The van der Waals surface area contributed by atoms with Gasteiger partial charge in [0.1, 0.15) is 0 Å². The Morgan fingerprint density at radius 3 is 2.59 bits per heavy atom. The highest BCUT2D eigenvalue weighted by molar-refractivity contribution is 9.11. The van der Waals surface area contributed by atoms with Crippen LogP contribution in [0.4, 0.5) is 5.69 Å². The summed E-state index contributed by atoms with van der Waals surface area (Å²) in [4.78, 5) is 13.0. The Hall–Kier alpha value is -0.780. The molecule has 0 aliphatic carbocycles. The van der Waals surface area contributed by atoms with E-state index in [9.17, 15) is 4.79 Å². The Morgan fingerprint density at radius 1 is 1.35 bits per heavy atom. The van der Waals surface area contributed by atoms with Gasteiger partial charge in [-0.15, -0.1) is 23.1 Å². The number of anilines is 1. The summed E-state index contributed by atoms with van der Waals surface area (Å²) < 4.78 is 0.959. The highest BCUT2D eigenvalue weighted by Gasteiger charge is 2.07. The Morgan fingerprint density at radius 2 is 2.06 bits per heavy atom. The van der Waals surface area contributed by atoms with Gasteiger partial charge in [-0.3, -0.25) is 4.79 Å². The van der Waals surface area contributed by atoms with Gasteiger partial charge >= 0.3 is 0 Å². The van der Waals surface area contributed by atoms with Crippen molar-refractivity contribution in [3.05, 3.63) is 45.1 Å². The van der Waals surface area contributed by atoms with E-state index in [0.717, 1.165) is 9.47 Å². The van der Waals surface area contributed by atoms with Crippen LogP contribution in [0.25, 0.3) is 0 Å². The normalized spacial score (nSPS) is 10.2. The SMILES string of the molecule is CSc1ccc(NC(=O)c2csc(Br)c2)cc1. The molecular formula is C12H10BrNOS2. The first-order valence-electron chi connectivity index (χ1n) is 4.88. The molecule has 2 aromatic rings. The molecule has 0 saturated heterocycles. The first-order chi connectivity index (χ1) is 8.19. The predicted molar refractivity (Wildman–Crippen MR) is 78.2 cm³/mol. The average Bonchev–Trinajstić information content (AvgIpc) is 2.77. The Labute approximate surface area is 117 Å². The van der Waals surface area contributed by atoms with Crippen LogP contribution in [0.2, 0.25) is 0 Å². The molecule has 0 radical (unpaired) electrons. The fraction of sp³-hybridized carbons (Fsp3) is 0.0833. The van der Waals surface area contributed by atoms with Crippen molar-refractivity contribution in [2.45, 2.75) is 4.90 Å². The van der Waals surface area contributed by atoms with Gasteiger partial charge in [0, 0.05) is 16.0 Å². The molecule has 2 rings (SSSR count). The molecule has 0 unspecified atom stereocenters. The summed E-state index contributed by atoms with van der Waals surface area (Å²) in [6.07, 6.45) is 2.02. The number of carbonyl (C=O) groups is 1. The maximum Gasteiger partial charge on any atom is 0.256 e. The molecular weight excluding hydrogens is 318 g/mol. The number of thiophene rings is 1. The van der Waals surface area contributed by atoms with Crippen molar-refractivity contribution in [1.82, 2.24) is 0 Å². The minimum atomic E-state index is -0.0798. The van der Waals surface area contributed by atoms with Gasteiger partial charge in [-0.25, -0.2) is 0 Å². The molecule has 5 heteroatoms. The summed E-state index contributed by atoms with van der Waals surface area (Å²) in [5, 5.41) is 4.69. The van der Waals surface area contributed by atoms with Gasteiger partial charge in [-0.05, 0) is 52.5 Å². The maximum absolute atomic E-state index is 11.9. The number of thioether (sulfide) groups is 1. The van der Waals surface area contributed by atoms with Gasteiger partial charge in [0.25, 0.3) is 5.91 Å². The Kier molecular flexibility index (Phi) is 4.25. The molecule has 0 aliphatic rings. The van der Waals surface area contributed by atoms with Crippen LogP contribution in [0.3, 0.4) is 0 Å². The van der Waals surface area contributed by atoms with E-state index in [4.69, 9.17) is 0 Å². The molecule has 1 aromatic carbocycles. The van der Waals surface area contributed by atoms with E-state index in [1.54, 1.807) is 11.8 Å². The molecule has 0 spiro atoms. The molecule has 1 N–H and O–H groups in total. The molecule has 88 valence electrons. The molecule has 0 fully saturated rings. The van der Waals surface area contributed by atoms with E-state index in [1.165, 1.54) is 16.2 Å². The molecule has 1 aromatic heterocycles. The quantitative estimate of drug-likeness (QED) is 0.842. The van der Waals surface area contributed by atoms with Gasteiger partial charge in [-0.1, -0.05) is 0 Å². The minimum Gasteiger partial charge on any atom is -0.322 e. The smallest absolute Gasteiger partial charge is 0.256 e. The zero-order valence-electron chi connectivity index (χ0n) is 9.07. The van der Waals surface area contributed by atoms with Crippen LogP contribution in [-0.4, -0.2) is 12.2 Å². The van der Waals surface area contributed by atoms with Crippen LogP contribution >= 0.6 is 39.0 Å². The summed E-state index contributed by atoms with van der Waals surface area (Å²) >= 11 is 6.52. The van der Waals surface area contributed by atoms with Gasteiger partial charge in [0.05, 0.1) is 9.35 Å². The van der Waals surface area contributed by atoms with E-state index in [0.29, 0.717) is 5.56 Å². The molecule has 17 heavy (non-hydrogen) atoms. The fourth-order valence-electron chi connectivity index (χ4n) is 1.31. The summed E-state index contributed by atoms with van der Waals surface area (Å²) in [5.74, 6) is -0.0798. The number of nitrogens with one attached hydrogen (secondary N) is 1. The van der Waals surface area contributed by atoms with Crippen molar-refractivity contribution in [3.63, 3.8) is 0 Å². The number of hydrogen-bond donors (Lipinski definition) is 1. The van der Waals surface area contributed by atoms with Crippen LogP contribution in [0.1, 0.15) is 10.4 Å². The summed E-state index contributed by atoms with van der Waals surface area (Å²) in [7, 11) is 0. The Balaban J connectivity index is 2.07. The average molecular weight is 328 g/mol. The van der Waals surface area contributed by atoms with E-state index >= 15 is 0 Å². The number of hydrogen-bond acceptors (Lipinski definition) is 3. The number of halogens is 1. The van der Waals surface area contributed by atoms with Crippen LogP contribution in [0.5, 0.6) is 0 Å². The second-order valence-electron chi connectivity index (χ2n) is 3.32. The number of rotatable bonds is 3. The van der Waals surface area contributed by atoms with Crippen molar-refractivity contribution in [1.29, 1.82) is 0 Å². The summed E-state index contributed by atoms with van der Waals surface area (Å²) in [6.45, 7) is 0. The number of benzene rings is 1. The maximum atomic E-state index is 11.9. The summed E-state index contributed by atoms with van der Waals surface area (Å²) in [6, 6.07) is 9.61. The predicted octanol–water partition coefficient (Wildman–Crippen LogP) is 4.48. The molecule has 1 heterocycles.